The van der Waals surface area contributed by atoms with Crippen LogP contribution in [0, 0.1) is 0 Å². The number of carbonyl (C=O) groups is 2. The lowest BCUT2D eigenvalue weighted by molar-refractivity contribution is -0.129. The predicted molar refractivity (Wildman–Crippen MR) is 79.3 cm³/mol. The van der Waals surface area contributed by atoms with Crippen molar-refractivity contribution in [1.82, 2.24) is 16.0 Å². The molecule has 0 aliphatic heterocycles. The molecule has 20 heavy (non-hydrogen) atoms. The second-order valence-electron chi connectivity index (χ2n) is 4.66. The van der Waals surface area contributed by atoms with Crippen molar-refractivity contribution in [2.24, 2.45) is 0 Å². The molecule has 0 aliphatic carbocycles. The molecule has 5 heteroatoms. The van der Waals surface area contributed by atoms with Crippen LogP contribution >= 0.6 is 0 Å². The second kappa shape index (κ2) is 8.32. The summed E-state index contributed by atoms with van der Waals surface area (Å²) in [5.41, 5.74) is 1.01. The minimum atomic E-state index is -0.555. The first-order valence-corrected chi connectivity index (χ1v) is 6.87. The molecule has 1 aromatic rings. The lowest BCUT2D eigenvalue weighted by atomic mass is 10.0. The molecule has 0 aliphatic rings. The van der Waals surface area contributed by atoms with Crippen molar-refractivity contribution in [2.75, 3.05) is 13.6 Å². The van der Waals surface area contributed by atoms with Gasteiger partial charge in [0.15, 0.2) is 0 Å². The number of benzene rings is 1. The van der Waals surface area contributed by atoms with Gasteiger partial charge >= 0.3 is 0 Å². The van der Waals surface area contributed by atoms with E-state index in [1.165, 1.54) is 0 Å². The highest BCUT2D eigenvalue weighted by Crippen LogP contribution is 2.04. The highest BCUT2D eigenvalue weighted by Gasteiger charge is 2.22. The quantitative estimate of drug-likeness (QED) is 0.678. The molecule has 3 N–H and O–H groups in total. The van der Waals surface area contributed by atoms with Gasteiger partial charge in [-0.05, 0) is 26.5 Å². The summed E-state index contributed by atoms with van der Waals surface area (Å²) in [6, 6.07) is 8.76. The third-order valence-corrected chi connectivity index (χ3v) is 3.09. The summed E-state index contributed by atoms with van der Waals surface area (Å²) in [4.78, 5) is 24.0. The fraction of sp³-hybridized carbons (Fsp3) is 0.467. The van der Waals surface area contributed by atoms with Gasteiger partial charge in [0.1, 0.15) is 6.04 Å². The molecule has 0 radical (unpaired) electrons. The third kappa shape index (κ3) is 5.01. The van der Waals surface area contributed by atoms with E-state index in [1.54, 1.807) is 14.0 Å². The first-order chi connectivity index (χ1) is 9.58. The highest BCUT2D eigenvalue weighted by atomic mass is 16.2. The molecule has 0 heterocycles. The zero-order chi connectivity index (χ0) is 15.0. The predicted octanol–water partition coefficient (Wildman–Crippen LogP) is 0.458. The molecule has 0 saturated heterocycles. The van der Waals surface area contributed by atoms with E-state index in [0.717, 1.165) is 5.56 Å². The molecular weight excluding hydrogens is 254 g/mol. The molecule has 1 rings (SSSR count). The fourth-order valence-corrected chi connectivity index (χ4v) is 1.78. The van der Waals surface area contributed by atoms with Gasteiger partial charge < -0.3 is 16.0 Å². The second-order valence-corrected chi connectivity index (χ2v) is 4.66. The fourth-order valence-electron chi connectivity index (χ4n) is 1.78. The first-order valence-electron chi connectivity index (χ1n) is 6.87. The lowest BCUT2D eigenvalue weighted by Gasteiger charge is -2.20. The Bertz CT molecular complexity index is 434. The molecule has 0 fully saturated rings. The zero-order valence-corrected chi connectivity index (χ0v) is 12.3. The van der Waals surface area contributed by atoms with E-state index in [9.17, 15) is 9.59 Å². The normalized spacial score (nSPS) is 13.3. The van der Waals surface area contributed by atoms with Crippen molar-refractivity contribution in [3.8, 4) is 0 Å². The SMILES string of the molecule is CCNC(=O)C(Cc1ccccc1)NC(=O)C(C)NC. The summed E-state index contributed by atoms with van der Waals surface area (Å²) < 4.78 is 0. The van der Waals surface area contributed by atoms with Crippen molar-refractivity contribution < 1.29 is 9.59 Å². The molecule has 2 atom stereocenters. The van der Waals surface area contributed by atoms with E-state index < -0.39 is 6.04 Å². The molecule has 0 aromatic heterocycles. The maximum Gasteiger partial charge on any atom is 0.242 e. The third-order valence-electron chi connectivity index (χ3n) is 3.09. The first kappa shape index (κ1) is 16.2. The highest BCUT2D eigenvalue weighted by molar-refractivity contribution is 5.89. The monoisotopic (exact) mass is 277 g/mol. The Hall–Kier alpha value is -1.88. The molecule has 2 unspecified atom stereocenters. The molecule has 5 nitrogen and oxygen atoms in total. The Morgan fingerprint density at radius 1 is 1.15 bits per heavy atom. The van der Waals surface area contributed by atoms with Gasteiger partial charge in [0, 0.05) is 13.0 Å². The van der Waals surface area contributed by atoms with Crippen LogP contribution in [0.15, 0.2) is 30.3 Å². The van der Waals surface area contributed by atoms with Gasteiger partial charge in [0.05, 0.1) is 6.04 Å². The summed E-state index contributed by atoms with van der Waals surface area (Å²) in [6.45, 7) is 4.16. The van der Waals surface area contributed by atoms with Crippen LogP contribution in [0.25, 0.3) is 0 Å². The molecule has 110 valence electrons. The Morgan fingerprint density at radius 2 is 1.80 bits per heavy atom. The van der Waals surface area contributed by atoms with Gasteiger partial charge in [-0.3, -0.25) is 9.59 Å². The van der Waals surface area contributed by atoms with E-state index >= 15 is 0 Å². The van der Waals surface area contributed by atoms with Crippen molar-refractivity contribution in [3.63, 3.8) is 0 Å². The van der Waals surface area contributed by atoms with Crippen LogP contribution in [-0.4, -0.2) is 37.5 Å². The largest absolute Gasteiger partial charge is 0.355 e. The smallest absolute Gasteiger partial charge is 0.242 e. The number of hydrogen-bond acceptors (Lipinski definition) is 3. The average molecular weight is 277 g/mol. The average Bonchev–Trinajstić information content (AvgIpc) is 2.46. The number of likely N-dealkylation sites (N-methyl/N-ethyl adjacent to an activating group) is 2. The topological polar surface area (TPSA) is 70.2 Å². The van der Waals surface area contributed by atoms with Crippen LogP contribution in [0.3, 0.4) is 0 Å². The van der Waals surface area contributed by atoms with E-state index in [1.807, 2.05) is 37.3 Å². The van der Waals surface area contributed by atoms with Crippen LogP contribution in [-0.2, 0) is 16.0 Å². The maximum absolute atomic E-state index is 12.0. The Balaban J connectivity index is 2.75. The molecule has 0 spiro atoms. The summed E-state index contributed by atoms with van der Waals surface area (Å²) in [5, 5.41) is 8.40. The van der Waals surface area contributed by atoms with Crippen LogP contribution < -0.4 is 16.0 Å². The van der Waals surface area contributed by atoms with E-state index in [-0.39, 0.29) is 17.9 Å². The molecule has 0 saturated carbocycles. The van der Waals surface area contributed by atoms with Crippen LogP contribution in [0.2, 0.25) is 0 Å². The summed E-state index contributed by atoms with van der Waals surface area (Å²) in [5.74, 6) is -0.340. The van der Waals surface area contributed by atoms with Crippen LogP contribution in [0.1, 0.15) is 19.4 Å². The van der Waals surface area contributed by atoms with E-state index in [0.29, 0.717) is 13.0 Å². The number of amides is 2. The minimum Gasteiger partial charge on any atom is -0.355 e. The number of nitrogens with one attached hydrogen (secondary N) is 3. The summed E-state index contributed by atoms with van der Waals surface area (Å²) in [7, 11) is 1.71. The van der Waals surface area contributed by atoms with Crippen molar-refractivity contribution in [3.05, 3.63) is 35.9 Å². The van der Waals surface area contributed by atoms with Gasteiger partial charge in [-0.15, -0.1) is 0 Å². The standard InChI is InChI=1S/C15H23N3O2/c1-4-17-15(20)13(18-14(19)11(2)16-3)10-12-8-6-5-7-9-12/h5-9,11,13,16H,4,10H2,1-3H3,(H,17,20)(H,18,19). The summed E-state index contributed by atoms with van der Waals surface area (Å²) >= 11 is 0. The van der Waals surface area contributed by atoms with Gasteiger partial charge in [-0.2, -0.15) is 0 Å². The van der Waals surface area contributed by atoms with Crippen molar-refractivity contribution in [1.29, 1.82) is 0 Å². The van der Waals surface area contributed by atoms with Crippen molar-refractivity contribution >= 4 is 11.8 Å². The number of hydrogen-bond donors (Lipinski definition) is 3. The molecule has 0 bridgehead atoms. The minimum absolute atomic E-state index is 0.159. The Labute approximate surface area is 120 Å². The Kier molecular flexibility index (Phi) is 6.73. The van der Waals surface area contributed by atoms with Gasteiger partial charge in [-0.1, -0.05) is 30.3 Å². The number of rotatable bonds is 7. The summed E-state index contributed by atoms with van der Waals surface area (Å²) in [6.07, 6.45) is 0.481. The Morgan fingerprint density at radius 3 is 2.35 bits per heavy atom. The molecule has 2 amide bonds. The van der Waals surface area contributed by atoms with E-state index in [4.69, 9.17) is 0 Å². The molecular formula is C15H23N3O2. The lowest BCUT2D eigenvalue weighted by Crippen LogP contribution is -2.52. The number of carbonyl (C=O) groups excluding carboxylic acids is 2. The molecule has 1 aromatic carbocycles. The maximum atomic E-state index is 12.0. The van der Waals surface area contributed by atoms with E-state index in [2.05, 4.69) is 16.0 Å². The van der Waals surface area contributed by atoms with Gasteiger partial charge in [-0.25, -0.2) is 0 Å². The van der Waals surface area contributed by atoms with Gasteiger partial charge in [0.25, 0.3) is 0 Å². The van der Waals surface area contributed by atoms with Gasteiger partial charge in [0.2, 0.25) is 11.8 Å². The van der Waals surface area contributed by atoms with Crippen molar-refractivity contribution in [2.45, 2.75) is 32.4 Å². The van der Waals surface area contributed by atoms with Crippen LogP contribution in [0.5, 0.6) is 0 Å². The zero-order valence-electron chi connectivity index (χ0n) is 12.3. The van der Waals surface area contributed by atoms with Crippen LogP contribution in [0.4, 0.5) is 0 Å².